The van der Waals surface area contributed by atoms with Crippen molar-refractivity contribution in [2.24, 2.45) is 0 Å². The molecule has 128 valence electrons. The van der Waals surface area contributed by atoms with Crippen molar-refractivity contribution in [3.63, 3.8) is 0 Å². The maximum atomic E-state index is 11.0. The highest BCUT2D eigenvalue weighted by molar-refractivity contribution is 5.98. The van der Waals surface area contributed by atoms with Crippen LogP contribution in [0.1, 0.15) is 39.0 Å². The number of aliphatic carboxylic acids is 2. The summed E-state index contributed by atoms with van der Waals surface area (Å²) >= 11 is 0. The molecular formula is C15H26ClNO5. The number of hydrogen-bond acceptors (Lipinski definition) is 4. The van der Waals surface area contributed by atoms with Crippen LogP contribution in [0.4, 0.5) is 0 Å². The van der Waals surface area contributed by atoms with Crippen molar-refractivity contribution in [1.29, 1.82) is 0 Å². The number of carbonyl (C=O) groups is 2. The standard InChI is InChI=1S/C15H25NO5.ClH/c1-12(14(17)18)13(15(19)20)6-4-2-3-5-7-16-8-10-21-11-9-16;/h2-11H2,1H3,(H,17,18)(H,19,20);1H/b13-12+;. The Bertz CT molecular complexity index is 391. The maximum Gasteiger partial charge on any atom is 0.332 e. The van der Waals surface area contributed by atoms with E-state index in [-0.39, 0.29) is 23.6 Å². The topological polar surface area (TPSA) is 87.1 Å². The van der Waals surface area contributed by atoms with Gasteiger partial charge in [-0.3, -0.25) is 4.90 Å². The van der Waals surface area contributed by atoms with Gasteiger partial charge in [0.2, 0.25) is 0 Å². The van der Waals surface area contributed by atoms with Crippen LogP contribution in [0, 0.1) is 0 Å². The van der Waals surface area contributed by atoms with Crippen LogP contribution < -0.4 is 0 Å². The Morgan fingerprint density at radius 3 is 2.14 bits per heavy atom. The first-order chi connectivity index (χ1) is 10.0. The molecule has 1 aliphatic rings. The Labute approximate surface area is 137 Å². The van der Waals surface area contributed by atoms with Gasteiger partial charge in [0.15, 0.2) is 0 Å². The monoisotopic (exact) mass is 335 g/mol. The molecule has 0 radical (unpaired) electrons. The minimum atomic E-state index is -1.15. The van der Waals surface area contributed by atoms with Crippen LogP contribution in [-0.2, 0) is 14.3 Å². The molecule has 0 saturated carbocycles. The number of nitrogens with zero attached hydrogens (tertiary/aromatic N) is 1. The zero-order valence-electron chi connectivity index (χ0n) is 13.0. The van der Waals surface area contributed by atoms with Crippen LogP contribution in [0.3, 0.4) is 0 Å². The number of hydrogen-bond donors (Lipinski definition) is 2. The van der Waals surface area contributed by atoms with E-state index in [0.29, 0.717) is 6.42 Å². The zero-order chi connectivity index (χ0) is 15.7. The highest BCUT2D eigenvalue weighted by atomic mass is 35.5. The lowest BCUT2D eigenvalue weighted by atomic mass is 10.0. The van der Waals surface area contributed by atoms with Gasteiger partial charge in [-0.05, 0) is 32.7 Å². The van der Waals surface area contributed by atoms with Crippen molar-refractivity contribution in [2.45, 2.75) is 39.0 Å². The summed E-state index contributed by atoms with van der Waals surface area (Å²) in [5.74, 6) is -2.28. The Hall–Kier alpha value is -1.11. The minimum absolute atomic E-state index is 0. The first-order valence-electron chi connectivity index (χ1n) is 7.49. The predicted octanol–water partition coefficient (Wildman–Crippen LogP) is 2.18. The summed E-state index contributed by atoms with van der Waals surface area (Å²) in [6.45, 7) is 6.00. The van der Waals surface area contributed by atoms with Crippen LogP contribution in [0.2, 0.25) is 0 Å². The number of halogens is 1. The van der Waals surface area contributed by atoms with Crippen LogP contribution in [-0.4, -0.2) is 59.9 Å². The second-order valence-corrected chi connectivity index (χ2v) is 5.33. The van der Waals surface area contributed by atoms with E-state index in [2.05, 4.69) is 4.90 Å². The van der Waals surface area contributed by atoms with Crippen molar-refractivity contribution in [3.05, 3.63) is 11.1 Å². The summed E-state index contributed by atoms with van der Waals surface area (Å²) in [4.78, 5) is 24.2. The van der Waals surface area contributed by atoms with Gasteiger partial charge >= 0.3 is 11.9 Å². The highest BCUT2D eigenvalue weighted by Crippen LogP contribution is 2.15. The van der Waals surface area contributed by atoms with E-state index >= 15 is 0 Å². The first-order valence-corrected chi connectivity index (χ1v) is 7.49. The third-order valence-corrected chi connectivity index (χ3v) is 3.79. The Kier molecular flexibility index (Phi) is 10.9. The summed E-state index contributed by atoms with van der Waals surface area (Å²) in [5, 5.41) is 17.9. The molecule has 22 heavy (non-hydrogen) atoms. The summed E-state index contributed by atoms with van der Waals surface area (Å²) < 4.78 is 5.28. The Morgan fingerprint density at radius 1 is 1.00 bits per heavy atom. The van der Waals surface area contributed by atoms with E-state index in [0.717, 1.165) is 58.5 Å². The quantitative estimate of drug-likeness (QED) is 0.496. The van der Waals surface area contributed by atoms with Crippen LogP contribution >= 0.6 is 12.4 Å². The molecular weight excluding hydrogens is 310 g/mol. The normalized spacial score (nSPS) is 16.6. The molecule has 1 aliphatic heterocycles. The second-order valence-electron chi connectivity index (χ2n) is 5.33. The van der Waals surface area contributed by atoms with Gasteiger partial charge in [0.05, 0.1) is 13.2 Å². The molecule has 0 atom stereocenters. The lowest BCUT2D eigenvalue weighted by molar-refractivity contribution is -0.136. The molecule has 1 heterocycles. The van der Waals surface area contributed by atoms with Crippen LogP contribution in [0.25, 0.3) is 0 Å². The lowest BCUT2D eigenvalue weighted by Crippen LogP contribution is -2.36. The summed E-state index contributed by atoms with van der Waals surface area (Å²) in [5.41, 5.74) is -0.0357. The van der Waals surface area contributed by atoms with Crippen LogP contribution in [0.15, 0.2) is 11.1 Å². The van der Waals surface area contributed by atoms with Gasteiger partial charge in [0.1, 0.15) is 0 Å². The molecule has 0 aromatic carbocycles. The third-order valence-electron chi connectivity index (χ3n) is 3.79. The molecule has 0 unspecified atom stereocenters. The molecule has 0 bridgehead atoms. The summed E-state index contributed by atoms with van der Waals surface area (Å²) in [6, 6.07) is 0. The number of carboxylic acids is 2. The fourth-order valence-corrected chi connectivity index (χ4v) is 2.40. The minimum Gasteiger partial charge on any atom is -0.478 e. The molecule has 0 amide bonds. The molecule has 0 aliphatic carbocycles. The second kappa shape index (κ2) is 11.5. The van der Waals surface area contributed by atoms with E-state index < -0.39 is 11.9 Å². The number of unbranched alkanes of at least 4 members (excludes halogenated alkanes) is 3. The molecule has 6 nitrogen and oxygen atoms in total. The van der Waals surface area contributed by atoms with E-state index in [1.165, 1.54) is 6.92 Å². The van der Waals surface area contributed by atoms with Crippen molar-refractivity contribution in [3.8, 4) is 0 Å². The van der Waals surface area contributed by atoms with E-state index in [9.17, 15) is 9.59 Å². The fourth-order valence-electron chi connectivity index (χ4n) is 2.40. The molecule has 1 saturated heterocycles. The first kappa shape index (κ1) is 20.9. The van der Waals surface area contributed by atoms with E-state index in [1.54, 1.807) is 0 Å². The van der Waals surface area contributed by atoms with Gasteiger partial charge in [0.25, 0.3) is 0 Å². The maximum absolute atomic E-state index is 11.0. The Balaban J connectivity index is 0.00000441. The average Bonchev–Trinajstić information content (AvgIpc) is 2.46. The van der Waals surface area contributed by atoms with Crippen molar-refractivity contribution >= 4 is 24.3 Å². The smallest absolute Gasteiger partial charge is 0.332 e. The zero-order valence-corrected chi connectivity index (χ0v) is 13.9. The van der Waals surface area contributed by atoms with Gasteiger partial charge in [-0.25, -0.2) is 9.59 Å². The molecule has 2 N–H and O–H groups in total. The predicted molar refractivity (Wildman–Crippen MR) is 85.6 cm³/mol. The SMILES string of the molecule is C/C(C(=O)O)=C(/CCCCCCN1CCOCC1)C(=O)O.Cl. The molecule has 0 spiro atoms. The largest absolute Gasteiger partial charge is 0.478 e. The van der Waals surface area contributed by atoms with Crippen LogP contribution in [0.5, 0.6) is 0 Å². The van der Waals surface area contributed by atoms with Crippen molar-refractivity contribution in [1.82, 2.24) is 4.90 Å². The number of morpholine rings is 1. The molecule has 1 fully saturated rings. The van der Waals surface area contributed by atoms with Gasteiger partial charge < -0.3 is 14.9 Å². The number of ether oxygens (including phenoxy) is 1. The third kappa shape index (κ3) is 7.77. The Morgan fingerprint density at radius 2 is 1.59 bits per heavy atom. The fraction of sp³-hybridized carbons (Fsp3) is 0.733. The van der Waals surface area contributed by atoms with E-state index in [4.69, 9.17) is 14.9 Å². The molecule has 0 aromatic heterocycles. The summed E-state index contributed by atoms with van der Waals surface area (Å²) in [6.07, 6.45) is 4.09. The van der Waals surface area contributed by atoms with Gasteiger partial charge in [0, 0.05) is 24.2 Å². The number of carboxylic acid groups (broad SMARTS) is 2. The molecule has 0 aromatic rings. The van der Waals surface area contributed by atoms with Gasteiger partial charge in [-0.2, -0.15) is 0 Å². The average molecular weight is 336 g/mol. The lowest BCUT2D eigenvalue weighted by Gasteiger charge is -2.26. The number of rotatable bonds is 9. The van der Waals surface area contributed by atoms with Gasteiger partial charge in [-0.15, -0.1) is 12.4 Å². The van der Waals surface area contributed by atoms with E-state index in [1.807, 2.05) is 0 Å². The van der Waals surface area contributed by atoms with Crippen molar-refractivity contribution < 1.29 is 24.5 Å². The molecule has 1 rings (SSSR count). The molecule has 7 heteroatoms. The van der Waals surface area contributed by atoms with Gasteiger partial charge in [-0.1, -0.05) is 12.8 Å². The summed E-state index contributed by atoms with van der Waals surface area (Å²) in [7, 11) is 0. The highest BCUT2D eigenvalue weighted by Gasteiger charge is 2.15. The van der Waals surface area contributed by atoms with Crippen molar-refractivity contribution in [2.75, 3.05) is 32.8 Å².